The summed E-state index contributed by atoms with van der Waals surface area (Å²) in [6.45, 7) is 6.76. The number of hydrogen-bond donors (Lipinski definition) is 2. The Morgan fingerprint density at radius 1 is 1.45 bits per heavy atom. The molecule has 0 spiro atoms. The third-order valence-electron chi connectivity index (χ3n) is 4.33. The molecule has 1 saturated heterocycles. The summed E-state index contributed by atoms with van der Waals surface area (Å²) in [6.07, 6.45) is 3.70. The maximum Gasteiger partial charge on any atom is 0.267 e. The highest BCUT2D eigenvalue weighted by Crippen LogP contribution is 2.18. The number of aryl methyl sites for hydroxylation is 2. The quantitative estimate of drug-likeness (QED) is 0.906. The van der Waals surface area contributed by atoms with E-state index in [-0.39, 0.29) is 11.9 Å². The first kappa shape index (κ1) is 14.8. The van der Waals surface area contributed by atoms with Crippen molar-refractivity contribution < 1.29 is 9.32 Å². The zero-order chi connectivity index (χ0) is 15.5. The molecule has 0 bridgehead atoms. The summed E-state index contributed by atoms with van der Waals surface area (Å²) in [5.74, 6) is 0.883. The van der Waals surface area contributed by atoms with Gasteiger partial charge in [-0.1, -0.05) is 5.16 Å². The van der Waals surface area contributed by atoms with Gasteiger partial charge in [-0.3, -0.25) is 9.69 Å². The number of carbonyl (C=O) groups excluding carboxylic acids is 1. The number of aromatic amines is 1. The molecule has 3 rings (SSSR count). The van der Waals surface area contributed by atoms with E-state index < -0.39 is 0 Å². The summed E-state index contributed by atoms with van der Waals surface area (Å²) < 4.78 is 5.21. The number of likely N-dealkylation sites (tertiary alicyclic amines) is 1. The Morgan fingerprint density at radius 3 is 2.82 bits per heavy atom. The molecular formula is C16H22N4O2. The number of carbonyl (C=O) groups is 1. The van der Waals surface area contributed by atoms with Gasteiger partial charge in [0.2, 0.25) is 0 Å². The molecule has 118 valence electrons. The molecule has 2 aromatic rings. The van der Waals surface area contributed by atoms with Gasteiger partial charge in [0.25, 0.3) is 5.91 Å². The average molecular weight is 302 g/mol. The number of nitrogens with one attached hydrogen (secondary N) is 2. The minimum atomic E-state index is -0.0193. The molecule has 22 heavy (non-hydrogen) atoms. The van der Waals surface area contributed by atoms with Crippen molar-refractivity contribution in [3.63, 3.8) is 0 Å². The van der Waals surface area contributed by atoms with E-state index in [0.29, 0.717) is 5.69 Å². The third kappa shape index (κ3) is 3.22. The topological polar surface area (TPSA) is 74.2 Å². The van der Waals surface area contributed by atoms with Crippen LogP contribution in [0.4, 0.5) is 0 Å². The van der Waals surface area contributed by atoms with Crippen LogP contribution < -0.4 is 5.32 Å². The molecule has 1 amide bonds. The monoisotopic (exact) mass is 302 g/mol. The van der Waals surface area contributed by atoms with E-state index in [0.717, 1.165) is 43.9 Å². The molecule has 1 aliphatic rings. The maximum absolute atomic E-state index is 12.0. The zero-order valence-corrected chi connectivity index (χ0v) is 13.1. The fourth-order valence-corrected chi connectivity index (χ4v) is 2.92. The fourth-order valence-electron chi connectivity index (χ4n) is 2.92. The minimum Gasteiger partial charge on any atom is -0.361 e. The van der Waals surface area contributed by atoms with Crippen LogP contribution in [-0.2, 0) is 6.54 Å². The molecule has 0 saturated carbocycles. The van der Waals surface area contributed by atoms with Gasteiger partial charge in [-0.2, -0.15) is 0 Å². The summed E-state index contributed by atoms with van der Waals surface area (Å²) in [5.41, 5.74) is 2.78. The lowest BCUT2D eigenvalue weighted by Crippen LogP contribution is -2.44. The van der Waals surface area contributed by atoms with E-state index in [1.807, 2.05) is 19.9 Å². The normalized spacial score (nSPS) is 16.8. The highest BCUT2D eigenvalue weighted by atomic mass is 16.5. The van der Waals surface area contributed by atoms with Crippen molar-refractivity contribution in [2.45, 2.75) is 39.3 Å². The zero-order valence-electron chi connectivity index (χ0n) is 13.1. The van der Waals surface area contributed by atoms with Gasteiger partial charge in [0.1, 0.15) is 11.5 Å². The second-order valence-corrected chi connectivity index (χ2v) is 5.91. The first-order valence-electron chi connectivity index (χ1n) is 7.72. The highest BCUT2D eigenvalue weighted by Gasteiger charge is 2.23. The second-order valence-electron chi connectivity index (χ2n) is 5.91. The van der Waals surface area contributed by atoms with Gasteiger partial charge >= 0.3 is 0 Å². The molecule has 0 aliphatic carbocycles. The first-order valence-corrected chi connectivity index (χ1v) is 7.72. The number of hydrogen-bond acceptors (Lipinski definition) is 4. The molecule has 1 fully saturated rings. The molecule has 1 aliphatic heterocycles. The van der Waals surface area contributed by atoms with E-state index in [1.54, 1.807) is 12.3 Å². The van der Waals surface area contributed by atoms with Crippen molar-refractivity contribution in [3.05, 3.63) is 41.0 Å². The lowest BCUT2D eigenvalue weighted by Gasteiger charge is -2.32. The average Bonchev–Trinajstić information content (AvgIpc) is 3.15. The van der Waals surface area contributed by atoms with Crippen molar-refractivity contribution in [1.82, 2.24) is 20.4 Å². The predicted octanol–water partition coefficient (Wildman–Crippen LogP) is 2.01. The Hall–Kier alpha value is -2.08. The summed E-state index contributed by atoms with van der Waals surface area (Å²) >= 11 is 0. The molecule has 3 heterocycles. The number of aromatic nitrogens is 2. The van der Waals surface area contributed by atoms with Crippen LogP contribution in [0.5, 0.6) is 0 Å². The maximum atomic E-state index is 12.0. The number of piperidine rings is 1. The summed E-state index contributed by atoms with van der Waals surface area (Å²) in [5, 5.41) is 7.10. The van der Waals surface area contributed by atoms with Gasteiger partial charge in [0.05, 0.1) is 5.69 Å². The molecule has 0 radical (unpaired) electrons. The van der Waals surface area contributed by atoms with E-state index in [2.05, 4.69) is 20.4 Å². The highest BCUT2D eigenvalue weighted by molar-refractivity contribution is 5.92. The molecule has 0 unspecified atom stereocenters. The molecular weight excluding hydrogens is 280 g/mol. The van der Waals surface area contributed by atoms with Gasteiger partial charge in [0, 0.05) is 37.4 Å². The summed E-state index contributed by atoms with van der Waals surface area (Å²) in [7, 11) is 0. The molecule has 0 aromatic carbocycles. The number of H-pyrrole nitrogens is 1. The Labute approximate surface area is 129 Å². The lowest BCUT2D eigenvalue weighted by molar-refractivity contribution is 0.0904. The third-order valence-corrected chi connectivity index (χ3v) is 4.33. The van der Waals surface area contributed by atoms with Crippen LogP contribution in [0, 0.1) is 13.8 Å². The molecule has 6 nitrogen and oxygen atoms in total. The smallest absolute Gasteiger partial charge is 0.267 e. The standard InChI is InChI=1S/C16H22N4O2/c1-11-14(12(2)22-19-11)10-20-8-5-13(6-9-20)18-16(21)15-4-3-7-17-15/h3-4,7,13,17H,5-6,8-10H2,1-2H3,(H,18,21). The van der Waals surface area contributed by atoms with Gasteiger partial charge < -0.3 is 14.8 Å². The molecule has 0 atom stereocenters. The van der Waals surface area contributed by atoms with Crippen LogP contribution in [0.15, 0.2) is 22.9 Å². The SMILES string of the molecule is Cc1noc(C)c1CN1CCC(NC(=O)c2ccc[nH]2)CC1. The van der Waals surface area contributed by atoms with Crippen LogP contribution in [0.25, 0.3) is 0 Å². The van der Waals surface area contributed by atoms with Crippen molar-refractivity contribution in [3.8, 4) is 0 Å². The Kier molecular flexibility index (Phi) is 4.29. The number of rotatable bonds is 4. The second kappa shape index (κ2) is 6.36. The van der Waals surface area contributed by atoms with E-state index in [1.165, 1.54) is 5.56 Å². The van der Waals surface area contributed by atoms with Crippen molar-refractivity contribution >= 4 is 5.91 Å². The van der Waals surface area contributed by atoms with Crippen molar-refractivity contribution in [2.75, 3.05) is 13.1 Å². The summed E-state index contributed by atoms with van der Waals surface area (Å²) in [4.78, 5) is 17.4. The first-order chi connectivity index (χ1) is 10.6. The van der Waals surface area contributed by atoms with Gasteiger partial charge in [0.15, 0.2) is 0 Å². The number of nitrogens with zero attached hydrogens (tertiary/aromatic N) is 2. The van der Waals surface area contributed by atoms with Crippen molar-refractivity contribution in [1.29, 1.82) is 0 Å². The van der Waals surface area contributed by atoms with E-state index >= 15 is 0 Å². The van der Waals surface area contributed by atoms with Crippen LogP contribution >= 0.6 is 0 Å². The van der Waals surface area contributed by atoms with Crippen LogP contribution in [0.2, 0.25) is 0 Å². The predicted molar refractivity (Wildman–Crippen MR) is 82.5 cm³/mol. The Bertz CT molecular complexity index is 605. The Balaban J connectivity index is 1.49. The van der Waals surface area contributed by atoms with Gasteiger partial charge in [-0.15, -0.1) is 0 Å². The molecule has 2 N–H and O–H groups in total. The number of amides is 1. The van der Waals surface area contributed by atoms with Crippen LogP contribution in [0.3, 0.4) is 0 Å². The largest absolute Gasteiger partial charge is 0.361 e. The van der Waals surface area contributed by atoms with Gasteiger partial charge in [-0.25, -0.2) is 0 Å². The molecule has 2 aromatic heterocycles. The lowest BCUT2D eigenvalue weighted by atomic mass is 10.0. The fraction of sp³-hybridized carbons (Fsp3) is 0.500. The van der Waals surface area contributed by atoms with E-state index in [9.17, 15) is 4.79 Å². The van der Waals surface area contributed by atoms with Crippen LogP contribution in [0.1, 0.15) is 40.3 Å². The minimum absolute atomic E-state index is 0.0193. The van der Waals surface area contributed by atoms with Gasteiger partial charge in [-0.05, 0) is 38.8 Å². The van der Waals surface area contributed by atoms with Crippen molar-refractivity contribution in [2.24, 2.45) is 0 Å². The van der Waals surface area contributed by atoms with Crippen LogP contribution in [-0.4, -0.2) is 40.1 Å². The molecule has 6 heteroatoms. The van der Waals surface area contributed by atoms with E-state index in [4.69, 9.17) is 4.52 Å². The summed E-state index contributed by atoms with van der Waals surface area (Å²) in [6, 6.07) is 3.87. The Morgan fingerprint density at radius 2 is 2.23 bits per heavy atom.